The lowest BCUT2D eigenvalue weighted by molar-refractivity contribution is -0.525. The van der Waals surface area contributed by atoms with E-state index in [1.807, 2.05) is 0 Å². The first-order chi connectivity index (χ1) is 16.6. The molecule has 0 radical (unpaired) electrons. The van der Waals surface area contributed by atoms with Gasteiger partial charge in [0.25, 0.3) is 11.9 Å². The highest BCUT2D eigenvalue weighted by molar-refractivity contribution is 6.30. The fourth-order valence-electron chi connectivity index (χ4n) is 3.60. The molecule has 2 aromatic carbocycles. The predicted molar refractivity (Wildman–Crippen MR) is 121 cm³/mol. The first kappa shape index (κ1) is 24.8. The Kier molecular flexibility index (Phi) is 7.39. The third-order valence-corrected chi connectivity index (χ3v) is 5.24. The number of benzene rings is 2. The van der Waals surface area contributed by atoms with Gasteiger partial charge in [0.1, 0.15) is 11.8 Å². The third kappa shape index (κ3) is 5.24. The van der Waals surface area contributed by atoms with Crippen molar-refractivity contribution in [1.82, 2.24) is 10.7 Å². The average Bonchev–Trinajstić information content (AvgIpc) is 2.83. The van der Waals surface area contributed by atoms with Crippen molar-refractivity contribution in [2.45, 2.75) is 18.9 Å². The van der Waals surface area contributed by atoms with E-state index < -0.39 is 46.2 Å². The number of ether oxygens (including phenoxy) is 1. The summed E-state index contributed by atoms with van der Waals surface area (Å²) in [5, 5.41) is 22.6. The van der Waals surface area contributed by atoms with Gasteiger partial charge in [-0.3, -0.25) is 14.4 Å². The van der Waals surface area contributed by atoms with E-state index in [0.717, 1.165) is 7.11 Å². The van der Waals surface area contributed by atoms with Crippen LogP contribution in [0.5, 0.6) is 5.75 Å². The first-order valence-corrected chi connectivity index (χ1v) is 10.3. The van der Waals surface area contributed by atoms with Crippen LogP contribution >= 0.6 is 0 Å². The molecule has 1 aliphatic carbocycles. The van der Waals surface area contributed by atoms with Crippen LogP contribution in [0.15, 0.2) is 41.4 Å². The molecule has 0 spiro atoms. The van der Waals surface area contributed by atoms with Gasteiger partial charge in [0, 0.05) is 23.2 Å². The molecule has 35 heavy (non-hydrogen) atoms. The molecule has 1 amide bonds. The predicted octanol–water partition coefficient (Wildman–Crippen LogP) is 0.315. The highest BCUT2D eigenvalue weighted by Crippen LogP contribution is 2.35. The molecule has 182 valence electrons. The molecule has 0 bridgehead atoms. The number of aliphatic imine (C=N–C) groups is 1. The number of nitro groups is 1. The monoisotopic (exact) mass is 483 g/mol. The topological polar surface area (TPSA) is 203 Å². The number of rotatable bonds is 8. The Bertz CT molecular complexity index is 1260. The van der Waals surface area contributed by atoms with Gasteiger partial charge in [0.15, 0.2) is 16.6 Å². The maximum absolute atomic E-state index is 12.9. The summed E-state index contributed by atoms with van der Waals surface area (Å²) < 4.78 is 4.69. The number of carbonyl (C=O) groups excluding carboxylic acids is 4. The molecule has 5 N–H and O–H groups in total. The van der Waals surface area contributed by atoms with Crippen molar-refractivity contribution >= 4 is 29.4 Å². The third-order valence-electron chi connectivity index (χ3n) is 5.24. The Morgan fingerprint density at radius 3 is 2.43 bits per heavy atom. The molecule has 0 aromatic heterocycles. The maximum atomic E-state index is 12.9. The number of nitrogens with zero attached hydrogens (tertiary/aromatic N) is 2. The lowest BCUT2D eigenvalue weighted by Crippen LogP contribution is -2.42. The number of nitrogens with one attached hydrogen (secondary N) is 2. The van der Waals surface area contributed by atoms with Gasteiger partial charge in [-0.2, -0.15) is 0 Å². The van der Waals surface area contributed by atoms with E-state index in [0.29, 0.717) is 0 Å². The highest BCUT2D eigenvalue weighted by atomic mass is 16.7. The van der Waals surface area contributed by atoms with Crippen molar-refractivity contribution in [3.05, 3.63) is 74.3 Å². The number of hydrazine groups is 1. The summed E-state index contributed by atoms with van der Waals surface area (Å²) in [6, 6.07) is 7.45. The van der Waals surface area contributed by atoms with Crippen molar-refractivity contribution in [3.8, 4) is 5.75 Å². The van der Waals surface area contributed by atoms with Crippen LogP contribution in [0.1, 0.15) is 55.0 Å². The lowest BCUT2D eigenvalue weighted by atomic mass is 9.82. The first-order valence-electron chi connectivity index (χ1n) is 10.3. The van der Waals surface area contributed by atoms with E-state index in [1.54, 1.807) is 17.6 Å². The van der Waals surface area contributed by atoms with Crippen LogP contribution in [0.4, 0.5) is 0 Å². The van der Waals surface area contributed by atoms with Crippen LogP contribution in [0.2, 0.25) is 0 Å². The molecule has 0 aliphatic heterocycles. The maximum Gasteiger partial charge on any atom is 0.328 e. The second-order valence-electron chi connectivity index (χ2n) is 7.42. The minimum absolute atomic E-state index is 0.0101. The van der Waals surface area contributed by atoms with Crippen LogP contribution in [0, 0.1) is 10.1 Å². The quantitative estimate of drug-likeness (QED) is 0.0862. The molecule has 1 unspecified atom stereocenters. The minimum atomic E-state index is -1.15. The molecule has 0 fully saturated rings. The lowest BCUT2D eigenvalue weighted by Gasteiger charge is -2.21. The van der Waals surface area contributed by atoms with E-state index >= 15 is 0 Å². The Hall–Kier alpha value is -4.81. The zero-order valence-corrected chi connectivity index (χ0v) is 18.4. The van der Waals surface area contributed by atoms with Crippen LogP contribution < -0.4 is 16.5 Å². The summed E-state index contributed by atoms with van der Waals surface area (Å²) in [4.78, 5) is 64.7. The average molecular weight is 483 g/mol. The number of fused-ring (bicyclic) bond motifs is 2. The Labute approximate surface area is 198 Å². The highest BCUT2D eigenvalue weighted by Gasteiger charge is 2.34. The number of esters is 1. The SMILES string of the molecule is COC(=O)C(CCCN=C(N)N[N+](=O)[O-])NC(=O)c1ccc2c(c1O)C(=O)c1ccccc1C2=O. The summed E-state index contributed by atoms with van der Waals surface area (Å²) in [5.41, 5.74) is 6.65. The van der Waals surface area contributed by atoms with Gasteiger partial charge in [-0.15, -0.1) is 0 Å². The standard InChI is InChI=1S/C22H21N5O8/c1-35-21(32)15(7-4-10-24-22(23)26-27(33)34)25-20(31)14-9-8-13-16(19(14)30)18(29)12-6-3-2-5-11(12)17(13)28/h2-3,5-6,8-9,15,30H,4,7,10H2,1H3,(H,25,31)(H3,23,24,26). The Morgan fingerprint density at radius 2 is 1.80 bits per heavy atom. The zero-order chi connectivity index (χ0) is 25.7. The fraction of sp³-hybridized carbons (Fsp3) is 0.227. The molecule has 0 saturated heterocycles. The van der Waals surface area contributed by atoms with Gasteiger partial charge in [-0.25, -0.2) is 19.9 Å². The summed E-state index contributed by atoms with van der Waals surface area (Å²) >= 11 is 0. The van der Waals surface area contributed by atoms with Crippen molar-refractivity contribution in [3.63, 3.8) is 0 Å². The van der Waals surface area contributed by atoms with E-state index in [-0.39, 0.29) is 47.2 Å². The van der Waals surface area contributed by atoms with Gasteiger partial charge in [-0.05, 0) is 25.0 Å². The van der Waals surface area contributed by atoms with Crippen LogP contribution in [0.25, 0.3) is 0 Å². The van der Waals surface area contributed by atoms with Crippen LogP contribution in [-0.4, -0.2) is 59.2 Å². The number of amides is 1. The number of guanidine groups is 1. The summed E-state index contributed by atoms with van der Waals surface area (Å²) in [6.07, 6.45) is 0.226. The molecular formula is C22H21N5O8. The van der Waals surface area contributed by atoms with E-state index in [4.69, 9.17) is 10.5 Å². The molecule has 0 saturated carbocycles. The van der Waals surface area contributed by atoms with Crippen molar-refractivity contribution in [2.24, 2.45) is 10.7 Å². The zero-order valence-electron chi connectivity index (χ0n) is 18.4. The molecule has 0 heterocycles. The van der Waals surface area contributed by atoms with Gasteiger partial charge in [-0.1, -0.05) is 29.7 Å². The number of hydrogen-bond acceptors (Lipinski definition) is 9. The largest absolute Gasteiger partial charge is 0.506 e. The van der Waals surface area contributed by atoms with E-state index in [1.165, 1.54) is 24.3 Å². The molecule has 13 nitrogen and oxygen atoms in total. The second kappa shape index (κ2) is 10.4. The van der Waals surface area contributed by atoms with E-state index in [9.17, 15) is 34.4 Å². The van der Waals surface area contributed by atoms with Crippen molar-refractivity contribution in [1.29, 1.82) is 0 Å². The smallest absolute Gasteiger partial charge is 0.328 e. The Balaban J connectivity index is 1.79. The fourth-order valence-corrected chi connectivity index (χ4v) is 3.60. The number of phenolic OH excluding ortho intramolecular Hbond substituents is 1. The van der Waals surface area contributed by atoms with Crippen LogP contribution in [-0.2, 0) is 9.53 Å². The molecule has 3 rings (SSSR count). The summed E-state index contributed by atoms with van der Waals surface area (Å²) in [5.74, 6) is -3.83. The van der Waals surface area contributed by atoms with Gasteiger partial charge in [0.2, 0.25) is 0 Å². The number of aromatic hydroxyl groups is 1. The van der Waals surface area contributed by atoms with Gasteiger partial charge in [0.05, 0.1) is 18.2 Å². The number of carbonyl (C=O) groups is 4. The number of ketones is 2. The number of methoxy groups -OCH3 is 1. The van der Waals surface area contributed by atoms with Crippen molar-refractivity contribution < 1.29 is 34.1 Å². The van der Waals surface area contributed by atoms with Crippen LogP contribution in [0.3, 0.4) is 0 Å². The Morgan fingerprint density at radius 1 is 1.14 bits per heavy atom. The van der Waals surface area contributed by atoms with Crippen molar-refractivity contribution in [2.75, 3.05) is 13.7 Å². The number of nitrogens with two attached hydrogens (primary N) is 1. The van der Waals surface area contributed by atoms with Gasteiger partial charge < -0.3 is 20.9 Å². The second-order valence-corrected chi connectivity index (χ2v) is 7.42. The normalized spacial score (nSPS) is 13.3. The molecular weight excluding hydrogens is 462 g/mol. The molecule has 1 aliphatic rings. The number of hydrogen-bond donors (Lipinski definition) is 4. The van der Waals surface area contributed by atoms with E-state index in [2.05, 4.69) is 10.3 Å². The minimum Gasteiger partial charge on any atom is -0.506 e. The number of phenols is 1. The van der Waals surface area contributed by atoms with Gasteiger partial charge >= 0.3 is 5.97 Å². The molecule has 13 heteroatoms. The molecule has 2 aromatic rings. The molecule has 1 atom stereocenters. The summed E-state index contributed by atoms with van der Waals surface area (Å²) in [7, 11) is 1.12. The summed E-state index contributed by atoms with van der Waals surface area (Å²) in [6.45, 7) is 0.0101.